The maximum absolute atomic E-state index is 11.7. The van der Waals surface area contributed by atoms with Gasteiger partial charge in [-0.1, -0.05) is 6.08 Å². The molecule has 17 heavy (non-hydrogen) atoms. The number of aromatic nitrogens is 2. The number of hydrogen-bond donors (Lipinski definition) is 2. The molecule has 0 fully saturated rings. The van der Waals surface area contributed by atoms with E-state index in [9.17, 15) is 9.59 Å². The summed E-state index contributed by atoms with van der Waals surface area (Å²) in [7, 11) is 0. The molecule has 0 atom stereocenters. The number of aromatic amines is 1. The summed E-state index contributed by atoms with van der Waals surface area (Å²) >= 11 is 0. The van der Waals surface area contributed by atoms with Gasteiger partial charge in [-0.15, -0.1) is 0 Å². The first-order chi connectivity index (χ1) is 8.11. The number of hydrogen-bond acceptors (Lipinski definition) is 3. The lowest BCUT2D eigenvalue weighted by Gasteiger charge is -2.00. The summed E-state index contributed by atoms with van der Waals surface area (Å²) < 4.78 is 0. The molecule has 0 amide bonds. The number of aromatic carboxylic acids is 1. The van der Waals surface area contributed by atoms with Crippen LogP contribution < -0.4 is 5.56 Å². The molecule has 0 spiro atoms. The predicted molar refractivity (Wildman–Crippen MR) is 64.0 cm³/mol. The number of rotatable bonds is 2. The van der Waals surface area contributed by atoms with Crippen LogP contribution in [0.4, 0.5) is 0 Å². The topological polar surface area (TPSA) is 83.0 Å². The van der Waals surface area contributed by atoms with Crippen molar-refractivity contribution >= 4 is 22.9 Å². The fourth-order valence-corrected chi connectivity index (χ4v) is 1.53. The second-order valence-electron chi connectivity index (χ2n) is 3.49. The van der Waals surface area contributed by atoms with Crippen LogP contribution >= 0.6 is 0 Å². The number of carbonyl (C=O) groups is 1. The van der Waals surface area contributed by atoms with Crippen molar-refractivity contribution < 1.29 is 9.90 Å². The molecular weight excluding hydrogens is 220 g/mol. The Kier molecular flexibility index (Phi) is 2.74. The number of carboxylic acids is 1. The van der Waals surface area contributed by atoms with Crippen molar-refractivity contribution in [1.82, 2.24) is 9.97 Å². The number of nitrogens with one attached hydrogen (secondary N) is 1. The number of allylic oxidation sites excluding steroid dienone is 1. The lowest BCUT2D eigenvalue weighted by Crippen LogP contribution is -2.10. The highest BCUT2D eigenvalue weighted by Crippen LogP contribution is 2.10. The molecule has 0 unspecified atom stereocenters. The smallest absolute Gasteiger partial charge is 0.335 e. The van der Waals surface area contributed by atoms with E-state index in [2.05, 4.69) is 9.97 Å². The molecule has 86 valence electrons. The average Bonchev–Trinajstić information content (AvgIpc) is 2.29. The lowest BCUT2D eigenvalue weighted by atomic mass is 10.1. The van der Waals surface area contributed by atoms with E-state index in [1.807, 2.05) is 6.92 Å². The van der Waals surface area contributed by atoms with Gasteiger partial charge in [0.15, 0.2) is 0 Å². The molecule has 2 N–H and O–H groups in total. The average molecular weight is 230 g/mol. The monoisotopic (exact) mass is 230 g/mol. The van der Waals surface area contributed by atoms with Crippen LogP contribution in [0.15, 0.2) is 29.1 Å². The number of nitrogens with zero attached hydrogens (tertiary/aromatic N) is 1. The quantitative estimate of drug-likeness (QED) is 0.821. The fraction of sp³-hybridized carbons (Fsp3) is 0.0833. The van der Waals surface area contributed by atoms with Gasteiger partial charge in [-0.05, 0) is 31.2 Å². The molecule has 0 radical (unpaired) electrons. The standard InChI is InChI=1S/C12H10N2O3/c1-2-3-10-13-9-5-4-7(12(16)17)6-8(9)11(15)14-10/h2-6H,1H3,(H,16,17)(H,13,14,15). The van der Waals surface area contributed by atoms with E-state index in [0.717, 1.165) is 0 Å². The van der Waals surface area contributed by atoms with Gasteiger partial charge in [-0.2, -0.15) is 0 Å². The number of fused-ring (bicyclic) bond motifs is 1. The van der Waals surface area contributed by atoms with E-state index in [1.54, 1.807) is 12.2 Å². The molecule has 2 rings (SSSR count). The molecule has 5 nitrogen and oxygen atoms in total. The van der Waals surface area contributed by atoms with E-state index in [1.165, 1.54) is 18.2 Å². The summed E-state index contributed by atoms with van der Waals surface area (Å²) in [5.74, 6) is -0.614. The van der Waals surface area contributed by atoms with Gasteiger partial charge in [0, 0.05) is 0 Å². The zero-order chi connectivity index (χ0) is 12.4. The second-order valence-corrected chi connectivity index (χ2v) is 3.49. The van der Waals surface area contributed by atoms with Gasteiger partial charge < -0.3 is 10.1 Å². The Bertz CT molecular complexity index is 671. The molecule has 2 aromatic rings. The second kappa shape index (κ2) is 4.21. The summed E-state index contributed by atoms with van der Waals surface area (Å²) in [5.41, 5.74) is 0.210. The third-order valence-corrected chi connectivity index (χ3v) is 2.30. The van der Waals surface area contributed by atoms with Gasteiger partial charge in [-0.25, -0.2) is 9.78 Å². The molecule has 0 aliphatic carbocycles. The minimum absolute atomic E-state index is 0.0728. The highest BCUT2D eigenvalue weighted by atomic mass is 16.4. The van der Waals surface area contributed by atoms with E-state index < -0.39 is 5.97 Å². The van der Waals surface area contributed by atoms with Gasteiger partial charge in [-0.3, -0.25) is 4.79 Å². The summed E-state index contributed by atoms with van der Waals surface area (Å²) in [6.45, 7) is 1.82. The van der Waals surface area contributed by atoms with Crippen LogP contribution in [-0.4, -0.2) is 21.0 Å². The molecule has 0 saturated heterocycles. The molecule has 0 bridgehead atoms. The van der Waals surface area contributed by atoms with Crippen LogP contribution in [0.2, 0.25) is 0 Å². The number of benzene rings is 1. The Morgan fingerprint density at radius 2 is 2.24 bits per heavy atom. The third-order valence-electron chi connectivity index (χ3n) is 2.30. The maximum Gasteiger partial charge on any atom is 0.335 e. The summed E-state index contributed by atoms with van der Waals surface area (Å²) in [6.07, 6.45) is 3.43. The largest absolute Gasteiger partial charge is 0.478 e. The first-order valence-corrected chi connectivity index (χ1v) is 5.02. The van der Waals surface area contributed by atoms with E-state index >= 15 is 0 Å². The van der Waals surface area contributed by atoms with Gasteiger partial charge >= 0.3 is 5.97 Å². The summed E-state index contributed by atoms with van der Waals surface area (Å²) in [4.78, 5) is 29.3. The Balaban J connectivity index is 2.73. The minimum atomic E-state index is -1.07. The minimum Gasteiger partial charge on any atom is -0.478 e. The molecule has 0 aliphatic heterocycles. The van der Waals surface area contributed by atoms with Crippen LogP contribution in [-0.2, 0) is 0 Å². The zero-order valence-corrected chi connectivity index (χ0v) is 9.10. The fourth-order valence-electron chi connectivity index (χ4n) is 1.53. The molecule has 1 aromatic heterocycles. The maximum atomic E-state index is 11.7. The van der Waals surface area contributed by atoms with Crippen LogP contribution in [0.5, 0.6) is 0 Å². The van der Waals surface area contributed by atoms with E-state index in [0.29, 0.717) is 11.3 Å². The van der Waals surface area contributed by atoms with Crippen molar-refractivity contribution in [1.29, 1.82) is 0 Å². The van der Waals surface area contributed by atoms with Crippen molar-refractivity contribution in [3.05, 3.63) is 46.0 Å². The van der Waals surface area contributed by atoms with Crippen molar-refractivity contribution in [3.8, 4) is 0 Å². The summed E-state index contributed by atoms with van der Waals surface area (Å²) in [5, 5.41) is 9.11. The van der Waals surface area contributed by atoms with Gasteiger partial charge in [0.2, 0.25) is 0 Å². The van der Waals surface area contributed by atoms with Crippen LogP contribution in [0, 0.1) is 0 Å². The highest BCUT2D eigenvalue weighted by molar-refractivity contribution is 5.93. The molecule has 0 aliphatic rings. The lowest BCUT2D eigenvalue weighted by molar-refractivity contribution is 0.0697. The summed E-state index contributed by atoms with van der Waals surface area (Å²) in [6, 6.07) is 4.28. The first-order valence-electron chi connectivity index (χ1n) is 5.02. The van der Waals surface area contributed by atoms with Gasteiger partial charge in [0.05, 0.1) is 16.5 Å². The highest BCUT2D eigenvalue weighted by Gasteiger charge is 2.07. The van der Waals surface area contributed by atoms with Crippen LogP contribution in [0.1, 0.15) is 23.1 Å². The van der Waals surface area contributed by atoms with E-state index in [4.69, 9.17) is 5.11 Å². The first kappa shape index (κ1) is 11.1. The normalized spacial score (nSPS) is 11.1. The van der Waals surface area contributed by atoms with Crippen molar-refractivity contribution in [2.24, 2.45) is 0 Å². The van der Waals surface area contributed by atoms with Crippen LogP contribution in [0.25, 0.3) is 17.0 Å². The Morgan fingerprint density at radius 1 is 1.47 bits per heavy atom. The van der Waals surface area contributed by atoms with Crippen molar-refractivity contribution in [2.75, 3.05) is 0 Å². The zero-order valence-electron chi connectivity index (χ0n) is 9.10. The SMILES string of the molecule is CC=Cc1nc2ccc(C(=O)O)cc2c(=O)[nH]1. The molecule has 5 heteroatoms. The number of carboxylic acid groups (broad SMARTS) is 1. The molecule has 0 saturated carbocycles. The third kappa shape index (κ3) is 2.08. The van der Waals surface area contributed by atoms with Crippen molar-refractivity contribution in [3.63, 3.8) is 0 Å². The Hall–Kier alpha value is -2.43. The van der Waals surface area contributed by atoms with Gasteiger partial charge in [0.1, 0.15) is 5.82 Å². The predicted octanol–water partition coefficient (Wildman–Crippen LogP) is 1.65. The van der Waals surface area contributed by atoms with Gasteiger partial charge in [0.25, 0.3) is 5.56 Å². The molecule has 1 heterocycles. The number of H-pyrrole nitrogens is 1. The molecule has 1 aromatic carbocycles. The van der Waals surface area contributed by atoms with Crippen molar-refractivity contribution in [2.45, 2.75) is 6.92 Å². The Morgan fingerprint density at radius 3 is 2.88 bits per heavy atom. The van der Waals surface area contributed by atoms with Crippen LogP contribution in [0.3, 0.4) is 0 Å². The molecular formula is C12H10N2O3. The van der Waals surface area contributed by atoms with E-state index in [-0.39, 0.29) is 16.5 Å². The Labute approximate surface area is 96.4 Å².